The summed E-state index contributed by atoms with van der Waals surface area (Å²) in [5.74, 6) is -0.329. The van der Waals surface area contributed by atoms with Gasteiger partial charge >= 0.3 is 0 Å². The molecule has 0 heterocycles. The van der Waals surface area contributed by atoms with Gasteiger partial charge in [0.05, 0.1) is 5.33 Å². The number of rotatable bonds is 1. The number of hydrogen-bond donors (Lipinski definition) is 2. The molecule has 5 N–H and O–H groups in total. The Balaban J connectivity index is 0. The summed E-state index contributed by atoms with van der Waals surface area (Å²) < 4.78 is 0. The van der Waals surface area contributed by atoms with E-state index in [1.54, 1.807) is 0 Å². The predicted octanol–water partition coefficient (Wildman–Crippen LogP) is 0.0286. The number of nitrogens with two attached hydrogens (primary N) is 1. The first-order chi connectivity index (χ1) is 2.27. The van der Waals surface area contributed by atoms with E-state index < -0.39 is 0 Å². The first-order valence-electron chi connectivity index (χ1n) is 1.11. The molecular formula is C2H7BrN2O. The Hall–Kier alpha value is -0.0900. The van der Waals surface area contributed by atoms with Gasteiger partial charge in [0.25, 0.3) is 0 Å². The lowest BCUT2D eigenvalue weighted by Gasteiger charge is -1.71. The van der Waals surface area contributed by atoms with Crippen LogP contribution in [0.15, 0.2) is 0 Å². The predicted molar refractivity (Wildman–Crippen MR) is 28.0 cm³/mol. The van der Waals surface area contributed by atoms with Crippen molar-refractivity contribution in [2.45, 2.75) is 0 Å². The van der Waals surface area contributed by atoms with E-state index in [2.05, 4.69) is 21.7 Å². The molecule has 1 amide bonds. The Bertz CT molecular complexity index is 46.8. The van der Waals surface area contributed by atoms with E-state index in [0.29, 0.717) is 0 Å². The second kappa shape index (κ2) is 4.91. The van der Waals surface area contributed by atoms with E-state index in [1.165, 1.54) is 0 Å². The number of carbonyl (C=O) groups excluding carboxylic acids is 1. The van der Waals surface area contributed by atoms with Crippen molar-refractivity contribution >= 4 is 21.8 Å². The van der Waals surface area contributed by atoms with Crippen LogP contribution in [0.5, 0.6) is 0 Å². The molecule has 0 aliphatic rings. The smallest absolute Gasteiger partial charge is 0.228 e. The van der Waals surface area contributed by atoms with E-state index in [4.69, 9.17) is 0 Å². The lowest BCUT2D eigenvalue weighted by Crippen LogP contribution is -2.10. The first-order valence-corrected chi connectivity index (χ1v) is 2.24. The third kappa shape index (κ3) is 9.08. The molecule has 0 spiro atoms. The largest absolute Gasteiger partial charge is 0.369 e. The van der Waals surface area contributed by atoms with Crippen LogP contribution in [0.4, 0.5) is 0 Å². The van der Waals surface area contributed by atoms with Crippen LogP contribution in [-0.2, 0) is 4.79 Å². The van der Waals surface area contributed by atoms with E-state index in [9.17, 15) is 4.79 Å². The summed E-state index contributed by atoms with van der Waals surface area (Å²) in [4.78, 5) is 9.54. The van der Waals surface area contributed by atoms with Gasteiger partial charge in [-0.2, -0.15) is 0 Å². The van der Waals surface area contributed by atoms with Gasteiger partial charge in [0.15, 0.2) is 0 Å². The van der Waals surface area contributed by atoms with Crippen LogP contribution in [0.2, 0.25) is 0 Å². The number of amides is 1. The Morgan fingerprint density at radius 1 is 1.83 bits per heavy atom. The van der Waals surface area contributed by atoms with E-state index in [0.717, 1.165) is 0 Å². The first kappa shape index (κ1) is 9.32. The van der Waals surface area contributed by atoms with Crippen molar-refractivity contribution in [3.05, 3.63) is 0 Å². The number of alkyl halides is 1. The zero-order chi connectivity index (χ0) is 4.28. The molecule has 0 aromatic heterocycles. The summed E-state index contributed by atoms with van der Waals surface area (Å²) in [6.07, 6.45) is 0. The zero-order valence-corrected chi connectivity index (χ0v) is 4.86. The molecule has 4 heteroatoms. The molecule has 6 heavy (non-hydrogen) atoms. The van der Waals surface area contributed by atoms with Gasteiger partial charge < -0.3 is 11.9 Å². The highest BCUT2D eigenvalue weighted by molar-refractivity contribution is 9.09. The van der Waals surface area contributed by atoms with Crippen LogP contribution >= 0.6 is 15.9 Å². The molecule has 0 aliphatic heterocycles. The number of hydrogen-bond acceptors (Lipinski definition) is 2. The van der Waals surface area contributed by atoms with Crippen LogP contribution in [0.25, 0.3) is 0 Å². The number of primary amides is 1. The Labute approximate surface area is 44.6 Å². The summed E-state index contributed by atoms with van der Waals surface area (Å²) in [5.41, 5.74) is 4.61. The molecule has 0 aromatic carbocycles. The standard InChI is InChI=1S/C2H4BrNO.H3N/c3-1-2(4)5;/h1H2,(H2,4,5);1H3. The number of carbonyl (C=O) groups is 1. The molecule has 0 saturated heterocycles. The quantitative estimate of drug-likeness (QED) is 0.524. The van der Waals surface area contributed by atoms with Crippen molar-refractivity contribution in [3.8, 4) is 0 Å². The van der Waals surface area contributed by atoms with Crippen molar-refractivity contribution in [2.24, 2.45) is 5.73 Å². The highest BCUT2D eigenvalue weighted by Gasteiger charge is 1.79. The molecule has 0 atom stereocenters. The van der Waals surface area contributed by atoms with Crippen molar-refractivity contribution in [1.82, 2.24) is 6.15 Å². The minimum Gasteiger partial charge on any atom is -0.369 e. The molecule has 0 aliphatic carbocycles. The average molecular weight is 155 g/mol. The van der Waals surface area contributed by atoms with E-state index in [1.807, 2.05) is 0 Å². The second-order valence-electron chi connectivity index (χ2n) is 0.600. The maximum atomic E-state index is 9.54. The van der Waals surface area contributed by atoms with Crippen molar-refractivity contribution in [1.29, 1.82) is 0 Å². The summed E-state index contributed by atoms with van der Waals surface area (Å²) in [6.45, 7) is 0. The minimum atomic E-state index is -0.329. The van der Waals surface area contributed by atoms with Gasteiger partial charge in [-0.25, -0.2) is 0 Å². The molecule has 0 radical (unpaired) electrons. The molecule has 0 saturated carbocycles. The molecular weight excluding hydrogens is 148 g/mol. The van der Waals surface area contributed by atoms with Gasteiger partial charge in [-0.15, -0.1) is 0 Å². The highest BCUT2D eigenvalue weighted by Crippen LogP contribution is 1.71. The zero-order valence-electron chi connectivity index (χ0n) is 3.28. The fraction of sp³-hybridized carbons (Fsp3) is 0.500. The highest BCUT2D eigenvalue weighted by atomic mass is 79.9. The molecule has 3 nitrogen and oxygen atoms in total. The summed E-state index contributed by atoms with van der Waals surface area (Å²) >= 11 is 2.84. The molecule has 38 valence electrons. The van der Waals surface area contributed by atoms with Crippen LogP contribution < -0.4 is 11.9 Å². The molecule has 0 rings (SSSR count). The Morgan fingerprint density at radius 3 is 2.00 bits per heavy atom. The fourth-order valence-corrected chi connectivity index (χ4v) is 0. The molecule has 0 unspecified atom stereocenters. The summed E-state index contributed by atoms with van der Waals surface area (Å²) in [7, 11) is 0. The maximum absolute atomic E-state index is 9.54. The monoisotopic (exact) mass is 154 g/mol. The second-order valence-corrected chi connectivity index (χ2v) is 1.16. The third-order valence-corrected chi connectivity index (χ3v) is 0.684. The van der Waals surface area contributed by atoms with Gasteiger partial charge in [0.1, 0.15) is 0 Å². The van der Waals surface area contributed by atoms with Crippen LogP contribution in [0.3, 0.4) is 0 Å². The van der Waals surface area contributed by atoms with Crippen LogP contribution in [-0.4, -0.2) is 11.2 Å². The van der Waals surface area contributed by atoms with Crippen molar-refractivity contribution in [3.63, 3.8) is 0 Å². The van der Waals surface area contributed by atoms with Crippen LogP contribution in [0.1, 0.15) is 0 Å². The molecule has 0 bridgehead atoms. The SMILES string of the molecule is N.NC(=O)CBr. The number of halogens is 1. The van der Waals surface area contributed by atoms with Crippen LogP contribution in [0, 0.1) is 0 Å². The van der Waals surface area contributed by atoms with Gasteiger partial charge in [-0.05, 0) is 0 Å². The molecule has 0 aromatic rings. The topological polar surface area (TPSA) is 78.1 Å². The summed E-state index contributed by atoms with van der Waals surface area (Å²) in [5, 5.41) is 0.257. The van der Waals surface area contributed by atoms with Gasteiger partial charge in [0, 0.05) is 0 Å². The van der Waals surface area contributed by atoms with Gasteiger partial charge in [-0.1, -0.05) is 15.9 Å². The third-order valence-electron chi connectivity index (χ3n) is 0.132. The maximum Gasteiger partial charge on any atom is 0.228 e. The normalized spacial score (nSPS) is 6.17. The van der Waals surface area contributed by atoms with E-state index >= 15 is 0 Å². The minimum absolute atomic E-state index is 0. The fourth-order valence-electron chi connectivity index (χ4n) is 0. The van der Waals surface area contributed by atoms with Gasteiger partial charge in [0.2, 0.25) is 5.91 Å². The van der Waals surface area contributed by atoms with Gasteiger partial charge in [-0.3, -0.25) is 4.79 Å². The average Bonchev–Trinajstić information content (AvgIpc) is 1.38. The van der Waals surface area contributed by atoms with Crippen molar-refractivity contribution in [2.75, 3.05) is 5.33 Å². The Kier molecular flexibility index (Phi) is 7.63. The lowest BCUT2D eigenvalue weighted by atomic mass is 10.8. The Morgan fingerprint density at radius 2 is 2.00 bits per heavy atom. The lowest BCUT2D eigenvalue weighted by molar-refractivity contribution is -0.115. The van der Waals surface area contributed by atoms with Crippen molar-refractivity contribution < 1.29 is 4.79 Å². The summed E-state index contributed by atoms with van der Waals surface area (Å²) in [6, 6.07) is 0. The van der Waals surface area contributed by atoms with E-state index in [-0.39, 0.29) is 17.4 Å². The molecule has 0 fully saturated rings.